The highest BCUT2D eigenvalue weighted by molar-refractivity contribution is 7.62. The lowest BCUT2D eigenvalue weighted by Gasteiger charge is -2.19. The van der Waals surface area contributed by atoms with Crippen LogP contribution in [-0.2, 0) is 24.7 Å². The van der Waals surface area contributed by atoms with Crippen LogP contribution < -0.4 is 5.09 Å². The number of carboxylic acid groups (broad SMARTS) is 1. The van der Waals surface area contributed by atoms with Crippen LogP contribution in [0.1, 0.15) is 5.56 Å². The minimum Gasteiger partial charge on any atom is -0.508 e. The van der Waals surface area contributed by atoms with Crippen molar-refractivity contribution in [3.63, 3.8) is 0 Å². The lowest BCUT2D eigenvalue weighted by molar-refractivity contribution is -0.139. The van der Waals surface area contributed by atoms with Crippen molar-refractivity contribution in [1.29, 1.82) is 0 Å². The molecule has 0 aromatic heterocycles. The lowest BCUT2D eigenvalue weighted by atomic mass is 10.1. The first kappa shape index (κ1) is 17.8. The van der Waals surface area contributed by atoms with Gasteiger partial charge in [0.05, 0.1) is 0 Å². The van der Waals surface area contributed by atoms with Gasteiger partial charge in [-0.05, 0) is 24.1 Å². The minimum atomic E-state index is -5.26. The molecule has 10 nitrogen and oxygen atoms in total. The Kier molecular flexibility index (Phi) is 5.66. The average Bonchev–Trinajstić information content (AvgIpc) is 2.27. The van der Waals surface area contributed by atoms with Gasteiger partial charge in [0, 0.05) is 0 Å². The maximum atomic E-state index is 11.4. The Labute approximate surface area is 118 Å². The van der Waals surface area contributed by atoms with E-state index >= 15 is 0 Å². The number of phosphoric acid groups is 1. The monoisotopic (exact) mass is 341 g/mol. The predicted octanol–water partition coefficient (Wildman–Crippen LogP) is 0.187. The maximum absolute atomic E-state index is 11.4. The van der Waals surface area contributed by atoms with Gasteiger partial charge in [-0.2, -0.15) is 4.31 Å². The topological polar surface area (TPSA) is 174 Å². The number of nitrogens with one attached hydrogen (secondary N) is 1. The maximum Gasteiger partial charge on any atom is 0.477 e. The summed E-state index contributed by atoms with van der Waals surface area (Å²) in [7, 11) is -10.3. The second-order valence-electron chi connectivity index (χ2n) is 3.98. The van der Waals surface area contributed by atoms with E-state index in [1.807, 2.05) is 0 Å². The zero-order valence-corrected chi connectivity index (χ0v) is 12.1. The van der Waals surface area contributed by atoms with E-state index in [0.717, 1.165) is 0 Å². The molecule has 12 heteroatoms. The molecule has 6 N–H and O–H groups in total. The zero-order valence-electron chi connectivity index (χ0n) is 10.4. The molecule has 0 saturated heterocycles. The molecular formula is C9H13NO9P2. The number of benzene rings is 1. The van der Waals surface area contributed by atoms with Crippen molar-refractivity contribution in [2.45, 2.75) is 12.5 Å². The Hall–Kier alpha value is -1.25. The number of carboxylic acids is 1. The Morgan fingerprint density at radius 3 is 2.14 bits per heavy atom. The molecule has 0 heterocycles. The van der Waals surface area contributed by atoms with E-state index in [1.165, 1.54) is 24.3 Å². The van der Waals surface area contributed by atoms with Crippen molar-refractivity contribution in [3.8, 4) is 5.75 Å². The number of hydrogen-bond donors (Lipinski definition) is 6. The quantitative estimate of drug-likeness (QED) is 0.376. The number of carbonyl (C=O) groups is 1. The summed E-state index contributed by atoms with van der Waals surface area (Å²) in [4.78, 5) is 37.2. The summed E-state index contributed by atoms with van der Waals surface area (Å²) in [6.07, 6.45) is -0.273. The molecule has 118 valence electrons. The number of phenolic OH excluding ortho intramolecular Hbond substituents is 1. The van der Waals surface area contributed by atoms with Gasteiger partial charge in [-0.15, -0.1) is 0 Å². The molecule has 0 spiro atoms. The normalized spacial score (nSPS) is 16.1. The van der Waals surface area contributed by atoms with E-state index in [-0.39, 0.29) is 12.2 Å². The first-order chi connectivity index (χ1) is 9.48. The van der Waals surface area contributed by atoms with Crippen LogP contribution in [0.2, 0.25) is 0 Å². The molecular weight excluding hydrogens is 328 g/mol. The molecule has 1 unspecified atom stereocenters. The Morgan fingerprint density at radius 1 is 1.19 bits per heavy atom. The van der Waals surface area contributed by atoms with Gasteiger partial charge < -0.3 is 24.9 Å². The van der Waals surface area contributed by atoms with Gasteiger partial charge >= 0.3 is 21.5 Å². The van der Waals surface area contributed by atoms with Crippen LogP contribution >= 0.6 is 15.6 Å². The molecule has 1 rings (SSSR count). The van der Waals surface area contributed by atoms with Crippen molar-refractivity contribution in [2.75, 3.05) is 0 Å². The first-order valence-corrected chi connectivity index (χ1v) is 8.47. The molecule has 0 radical (unpaired) electrons. The van der Waals surface area contributed by atoms with E-state index in [1.54, 1.807) is 5.09 Å². The summed E-state index contributed by atoms with van der Waals surface area (Å²) in [6.45, 7) is 0. The van der Waals surface area contributed by atoms with E-state index in [0.29, 0.717) is 5.56 Å². The predicted molar refractivity (Wildman–Crippen MR) is 69.3 cm³/mol. The highest BCUT2D eigenvalue weighted by atomic mass is 31.3. The molecule has 21 heavy (non-hydrogen) atoms. The van der Waals surface area contributed by atoms with Crippen molar-refractivity contribution in [2.24, 2.45) is 0 Å². The van der Waals surface area contributed by atoms with Crippen LogP contribution in [0, 0.1) is 0 Å². The van der Waals surface area contributed by atoms with Crippen molar-refractivity contribution >= 4 is 21.5 Å². The van der Waals surface area contributed by atoms with Gasteiger partial charge in [-0.3, -0.25) is 4.79 Å². The Morgan fingerprint density at radius 2 is 1.71 bits per heavy atom. The summed E-state index contributed by atoms with van der Waals surface area (Å²) < 4.78 is 25.6. The molecule has 0 aliphatic rings. The smallest absolute Gasteiger partial charge is 0.477 e. The Balaban J connectivity index is 2.83. The third-order valence-electron chi connectivity index (χ3n) is 2.21. The third kappa shape index (κ3) is 6.83. The second-order valence-corrected chi connectivity index (χ2v) is 6.92. The molecule has 0 aliphatic heterocycles. The van der Waals surface area contributed by atoms with Crippen molar-refractivity contribution < 1.29 is 43.1 Å². The van der Waals surface area contributed by atoms with E-state index < -0.39 is 27.6 Å². The first-order valence-electron chi connectivity index (χ1n) is 5.37. The van der Waals surface area contributed by atoms with E-state index in [4.69, 9.17) is 20.0 Å². The van der Waals surface area contributed by atoms with Crippen LogP contribution in [0.3, 0.4) is 0 Å². The summed E-state index contributed by atoms with van der Waals surface area (Å²) >= 11 is 0. The summed E-state index contributed by atoms with van der Waals surface area (Å²) in [5, 5.41) is 19.7. The number of aromatic hydroxyl groups is 1. The van der Waals surface area contributed by atoms with E-state index in [2.05, 4.69) is 4.31 Å². The molecule has 0 fully saturated rings. The van der Waals surface area contributed by atoms with Gasteiger partial charge in [-0.25, -0.2) is 14.2 Å². The van der Waals surface area contributed by atoms with Gasteiger partial charge in [0.2, 0.25) is 0 Å². The van der Waals surface area contributed by atoms with Crippen molar-refractivity contribution in [3.05, 3.63) is 29.8 Å². The van der Waals surface area contributed by atoms with Gasteiger partial charge in [-0.1, -0.05) is 12.1 Å². The van der Waals surface area contributed by atoms with Gasteiger partial charge in [0.1, 0.15) is 11.8 Å². The summed E-state index contributed by atoms with van der Waals surface area (Å²) in [5.74, 6) is -1.57. The number of rotatable bonds is 7. The fourth-order valence-corrected chi connectivity index (χ4v) is 3.36. The van der Waals surface area contributed by atoms with Crippen LogP contribution in [0.4, 0.5) is 0 Å². The number of phenols is 1. The van der Waals surface area contributed by atoms with Crippen LogP contribution in [0.5, 0.6) is 5.75 Å². The lowest BCUT2D eigenvalue weighted by Crippen LogP contribution is -2.36. The molecule has 1 aromatic carbocycles. The minimum absolute atomic E-state index is 0.0451. The van der Waals surface area contributed by atoms with Crippen LogP contribution in [-0.4, -0.2) is 36.9 Å². The fourth-order valence-electron chi connectivity index (χ4n) is 1.42. The number of aliphatic carboxylic acids is 1. The highest BCUT2D eigenvalue weighted by Gasteiger charge is 2.35. The van der Waals surface area contributed by atoms with Crippen LogP contribution in [0.25, 0.3) is 0 Å². The number of hydrogen-bond acceptors (Lipinski definition) is 5. The fraction of sp³-hybridized carbons (Fsp3) is 0.222. The van der Waals surface area contributed by atoms with Crippen molar-refractivity contribution in [1.82, 2.24) is 5.09 Å². The molecule has 0 saturated carbocycles. The summed E-state index contributed by atoms with van der Waals surface area (Å²) in [6, 6.07) is 3.73. The second kappa shape index (κ2) is 6.67. The molecule has 0 aliphatic carbocycles. The van der Waals surface area contributed by atoms with Gasteiger partial charge in [0.25, 0.3) is 0 Å². The highest BCUT2D eigenvalue weighted by Crippen LogP contribution is 2.54. The Bertz CT molecular complexity index is 596. The van der Waals surface area contributed by atoms with E-state index in [9.17, 15) is 18.8 Å². The molecule has 1 aromatic rings. The summed E-state index contributed by atoms with van der Waals surface area (Å²) in [5.41, 5.74) is 0.406. The zero-order chi connectivity index (χ0) is 16.3. The SMILES string of the molecule is O=C(O)[C@H](Cc1ccc(O)cc1)NP(=O)(O)OP(=O)(O)O. The molecule has 0 bridgehead atoms. The largest absolute Gasteiger partial charge is 0.508 e. The average molecular weight is 341 g/mol. The van der Waals surface area contributed by atoms with Crippen LogP contribution in [0.15, 0.2) is 24.3 Å². The molecule has 2 atom stereocenters. The third-order valence-corrected chi connectivity index (χ3v) is 4.58. The van der Waals surface area contributed by atoms with Gasteiger partial charge in [0.15, 0.2) is 0 Å². The molecule has 0 amide bonds. The standard InChI is InChI=1S/C9H13NO9P2/c11-7-3-1-6(2-4-7)5-8(9(12)13)10-20(14,15)19-21(16,17)18/h1-4,8,11H,5H2,(H,12,13)(H2,10,14,15)(H2,16,17,18)/t8-/m0/s1.